The number of nitro groups is 1. The number of benzene rings is 2. The van der Waals surface area contributed by atoms with Gasteiger partial charge in [-0.15, -0.1) is 0 Å². The summed E-state index contributed by atoms with van der Waals surface area (Å²) in [6.07, 6.45) is 1.93. The van der Waals surface area contributed by atoms with Crippen LogP contribution in [0, 0.1) is 16.0 Å². The van der Waals surface area contributed by atoms with E-state index < -0.39 is 16.8 Å². The fraction of sp³-hybridized carbons (Fsp3) is 0.300. The molecule has 2 aromatic carbocycles. The number of carbonyl (C=O) groups is 2. The Morgan fingerprint density at radius 2 is 1.90 bits per heavy atom. The molecular weight excluding hydrogens is 398 g/mol. The van der Waals surface area contributed by atoms with Crippen LogP contribution in [-0.2, 0) is 0 Å². The van der Waals surface area contributed by atoms with E-state index >= 15 is 0 Å². The van der Waals surface area contributed by atoms with E-state index in [0.29, 0.717) is 11.6 Å². The second-order valence-electron chi connectivity index (χ2n) is 7.08. The van der Waals surface area contributed by atoms with E-state index in [1.165, 1.54) is 30.3 Å². The van der Waals surface area contributed by atoms with Crippen LogP contribution in [-0.4, -0.2) is 35.0 Å². The van der Waals surface area contributed by atoms with E-state index in [0.717, 1.165) is 25.9 Å². The van der Waals surface area contributed by atoms with Gasteiger partial charge in [0.2, 0.25) is 0 Å². The van der Waals surface area contributed by atoms with Crippen molar-refractivity contribution in [3.8, 4) is 0 Å². The van der Waals surface area contributed by atoms with Crippen molar-refractivity contribution < 1.29 is 19.6 Å². The third-order valence-corrected chi connectivity index (χ3v) is 5.35. The summed E-state index contributed by atoms with van der Waals surface area (Å²) in [7, 11) is 0. The maximum atomic E-state index is 13.0. The zero-order chi connectivity index (χ0) is 21.1. The number of carboxylic acids is 1. The molecule has 0 atom stereocenters. The van der Waals surface area contributed by atoms with Crippen molar-refractivity contribution in [3.05, 3.63) is 62.7 Å². The van der Waals surface area contributed by atoms with Crippen molar-refractivity contribution in [2.75, 3.05) is 23.3 Å². The van der Waals surface area contributed by atoms with Crippen LogP contribution in [0.15, 0.2) is 36.4 Å². The summed E-state index contributed by atoms with van der Waals surface area (Å²) in [5.74, 6) is -1.17. The first-order valence-corrected chi connectivity index (χ1v) is 9.51. The van der Waals surface area contributed by atoms with Crippen molar-refractivity contribution in [2.24, 2.45) is 5.92 Å². The van der Waals surface area contributed by atoms with Crippen LogP contribution in [0.3, 0.4) is 0 Å². The quantitative estimate of drug-likeness (QED) is 0.549. The van der Waals surface area contributed by atoms with E-state index in [-0.39, 0.29) is 27.5 Å². The summed E-state index contributed by atoms with van der Waals surface area (Å²) >= 11 is 6.09. The van der Waals surface area contributed by atoms with Crippen LogP contribution in [0.5, 0.6) is 0 Å². The van der Waals surface area contributed by atoms with Gasteiger partial charge >= 0.3 is 5.97 Å². The summed E-state index contributed by atoms with van der Waals surface area (Å²) in [6, 6.07) is 8.15. The molecule has 0 bridgehead atoms. The maximum Gasteiger partial charge on any atom is 0.335 e. The maximum absolute atomic E-state index is 13.0. The SMILES string of the molecule is CC1CCN(c2ccc([N+](=O)[O-])cc2C(=O)Nc2cc(C(=O)O)ccc2Cl)CC1. The molecule has 8 nitrogen and oxygen atoms in total. The van der Waals surface area contributed by atoms with Gasteiger partial charge in [-0.2, -0.15) is 0 Å². The number of non-ortho nitro benzene ring substituents is 1. The largest absolute Gasteiger partial charge is 0.478 e. The summed E-state index contributed by atoms with van der Waals surface area (Å²) in [4.78, 5) is 36.9. The van der Waals surface area contributed by atoms with Gasteiger partial charge in [-0.05, 0) is 43.0 Å². The number of hydrogen-bond donors (Lipinski definition) is 2. The van der Waals surface area contributed by atoms with E-state index in [1.54, 1.807) is 6.07 Å². The first-order chi connectivity index (χ1) is 13.8. The van der Waals surface area contributed by atoms with Crippen molar-refractivity contribution >= 4 is 40.5 Å². The van der Waals surface area contributed by atoms with Crippen LogP contribution in [0.2, 0.25) is 5.02 Å². The van der Waals surface area contributed by atoms with E-state index in [4.69, 9.17) is 16.7 Å². The van der Waals surface area contributed by atoms with E-state index in [2.05, 4.69) is 12.2 Å². The number of carboxylic acid groups (broad SMARTS) is 1. The van der Waals surface area contributed by atoms with E-state index in [9.17, 15) is 19.7 Å². The number of halogens is 1. The zero-order valence-electron chi connectivity index (χ0n) is 15.7. The number of aromatic carboxylic acids is 1. The predicted molar refractivity (Wildman–Crippen MR) is 110 cm³/mol. The molecule has 1 aliphatic rings. The summed E-state index contributed by atoms with van der Waals surface area (Å²) < 4.78 is 0. The van der Waals surface area contributed by atoms with Gasteiger partial charge in [0.15, 0.2) is 0 Å². The molecule has 1 aliphatic heterocycles. The fourth-order valence-corrected chi connectivity index (χ4v) is 3.45. The highest BCUT2D eigenvalue weighted by Crippen LogP contribution is 2.31. The molecule has 1 fully saturated rings. The smallest absolute Gasteiger partial charge is 0.335 e. The Hall–Kier alpha value is -3.13. The van der Waals surface area contributed by atoms with Gasteiger partial charge in [0, 0.05) is 25.2 Å². The molecule has 0 unspecified atom stereocenters. The van der Waals surface area contributed by atoms with Crippen LogP contribution in [0.1, 0.15) is 40.5 Å². The van der Waals surface area contributed by atoms with Crippen molar-refractivity contribution in [3.63, 3.8) is 0 Å². The summed E-state index contributed by atoms with van der Waals surface area (Å²) in [5.41, 5.74) is 0.640. The number of rotatable bonds is 5. The first-order valence-electron chi connectivity index (χ1n) is 9.14. The topological polar surface area (TPSA) is 113 Å². The molecule has 0 saturated carbocycles. The molecule has 0 aliphatic carbocycles. The lowest BCUT2D eigenvalue weighted by atomic mass is 9.98. The number of piperidine rings is 1. The normalized spacial score (nSPS) is 14.5. The Morgan fingerprint density at radius 3 is 2.52 bits per heavy atom. The third-order valence-electron chi connectivity index (χ3n) is 5.02. The second kappa shape index (κ2) is 8.48. The molecular formula is C20H20ClN3O5. The molecule has 1 saturated heterocycles. The Kier molecular flexibility index (Phi) is 6.03. The lowest BCUT2D eigenvalue weighted by Crippen LogP contribution is -2.34. The number of nitrogens with one attached hydrogen (secondary N) is 1. The molecule has 1 amide bonds. The molecule has 2 aromatic rings. The number of hydrogen-bond acceptors (Lipinski definition) is 5. The van der Waals surface area contributed by atoms with E-state index in [1.807, 2.05) is 4.90 Å². The van der Waals surface area contributed by atoms with Gasteiger partial charge in [0.25, 0.3) is 11.6 Å². The van der Waals surface area contributed by atoms with Crippen molar-refractivity contribution in [2.45, 2.75) is 19.8 Å². The molecule has 1 heterocycles. The van der Waals surface area contributed by atoms with Crippen LogP contribution >= 0.6 is 11.6 Å². The zero-order valence-corrected chi connectivity index (χ0v) is 16.5. The number of amides is 1. The average Bonchev–Trinajstić information content (AvgIpc) is 2.69. The average molecular weight is 418 g/mol. The highest BCUT2D eigenvalue weighted by molar-refractivity contribution is 6.34. The third kappa shape index (κ3) is 4.65. The van der Waals surface area contributed by atoms with Gasteiger partial charge in [-0.1, -0.05) is 18.5 Å². The number of nitro benzene ring substituents is 1. The fourth-order valence-electron chi connectivity index (χ4n) is 3.29. The van der Waals surface area contributed by atoms with Gasteiger partial charge in [0.05, 0.1) is 32.4 Å². The molecule has 0 radical (unpaired) electrons. The Bertz CT molecular complexity index is 971. The van der Waals surface area contributed by atoms with Crippen molar-refractivity contribution in [1.29, 1.82) is 0 Å². The molecule has 152 valence electrons. The number of nitrogens with zero attached hydrogens (tertiary/aromatic N) is 2. The van der Waals surface area contributed by atoms with Crippen molar-refractivity contribution in [1.82, 2.24) is 0 Å². The minimum absolute atomic E-state index is 0.0333. The monoisotopic (exact) mass is 417 g/mol. The summed E-state index contributed by atoms with van der Waals surface area (Å²) in [6.45, 7) is 3.65. The Balaban J connectivity index is 1.96. The van der Waals surface area contributed by atoms with Gasteiger partial charge < -0.3 is 15.3 Å². The standard InChI is InChI=1S/C20H20ClN3O5/c1-12-6-8-23(9-7-12)18-5-3-14(24(28)29)11-15(18)19(25)22-17-10-13(20(26)27)2-4-16(17)21/h2-5,10-12H,6-9H2,1H3,(H,22,25)(H,26,27). The molecule has 29 heavy (non-hydrogen) atoms. The molecule has 0 aromatic heterocycles. The first kappa shape index (κ1) is 20.6. The van der Waals surface area contributed by atoms with Crippen LogP contribution in [0.25, 0.3) is 0 Å². The lowest BCUT2D eigenvalue weighted by molar-refractivity contribution is -0.384. The second-order valence-corrected chi connectivity index (χ2v) is 7.49. The lowest BCUT2D eigenvalue weighted by Gasteiger charge is -2.33. The summed E-state index contributed by atoms with van der Waals surface area (Å²) in [5, 5.41) is 23.1. The number of anilines is 2. The minimum Gasteiger partial charge on any atom is -0.478 e. The van der Waals surface area contributed by atoms with Crippen LogP contribution in [0.4, 0.5) is 17.1 Å². The Labute approximate surface area is 172 Å². The highest BCUT2D eigenvalue weighted by Gasteiger charge is 2.24. The van der Waals surface area contributed by atoms with Gasteiger partial charge in [-0.25, -0.2) is 4.79 Å². The Morgan fingerprint density at radius 1 is 1.21 bits per heavy atom. The molecule has 3 rings (SSSR count). The molecule has 2 N–H and O–H groups in total. The van der Waals surface area contributed by atoms with Crippen LogP contribution < -0.4 is 10.2 Å². The highest BCUT2D eigenvalue weighted by atomic mass is 35.5. The van der Waals surface area contributed by atoms with Gasteiger partial charge in [0.1, 0.15) is 0 Å². The molecule has 0 spiro atoms. The van der Waals surface area contributed by atoms with Gasteiger partial charge in [-0.3, -0.25) is 14.9 Å². The number of carbonyl (C=O) groups excluding carboxylic acids is 1. The minimum atomic E-state index is -1.16. The predicted octanol–water partition coefficient (Wildman–Crippen LogP) is 4.44. The molecule has 9 heteroatoms.